The van der Waals surface area contributed by atoms with Crippen LogP contribution in [-0.2, 0) is 0 Å². The molecule has 0 atom stereocenters. The first kappa shape index (κ1) is 10.9. The summed E-state index contributed by atoms with van der Waals surface area (Å²) in [5, 5.41) is 4.97. The third-order valence-corrected chi connectivity index (χ3v) is 2.79. The highest BCUT2D eigenvalue weighted by Crippen LogP contribution is 2.23. The normalized spacial score (nSPS) is 10.5. The number of benzene rings is 1. The van der Waals surface area contributed by atoms with E-state index in [0.717, 1.165) is 11.3 Å². The summed E-state index contributed by atoms with van der Waals surface area (Å²) in [7, 11) is 0. The van der Waals surface area contributed by atoms with Crippen molar-refractivity contribution in [3.63, 3.8) is 0 Å². The van der Waals surface area contributed by atoms with Gasteiger partial charge in [-0.3, -0.25) is 0 Å². The number of nitrogens with zero attached hydrogens (tertiary/aromatic N) is 4. The molecule has 3 rings (SSSR count). The Morgan fingerprint density at radius 1 is 1.06 bits per heavy atom. The second kappa shape index (κ2) is 4.58. The first-order valence-corrected chi connectivity index (χ1v) is 5.80. The van der Waals surface area contributed by atoms with Crippen molar-refractivity contribution < 1.29 is 0 Å². The van der Waals surface area contributed by atoms with Crippen molar-refractivity contribution >= 4 is 11.6 Å². The average molecular weight is 257 g/mol. The standard InChI is InChI=1S/C13H9ClN4/c14-12-8-11(10-4-2-1-3-5-10)17-18(12)13-6-7-15-9-16-13/h1-9H. The van der Waals surface area contributed by atoms with Gasteiger partial charge in [0.1, 0.15) is 11.5 Å². The van der Waals surface area contributed by atoms with E-state index in [9.17, 15) is 0 Å². The summed E-state index contributed by atoms with van der Waals surface area (Å²) in [6.07, 6.45) is 3.12. The van der Waals surface area contributed by atoms with Gasteiger partial charge < -0.3 is 0 Å². The Labute approximate surface area is 109 Å². The Balaban J connectivity index is 2.07. The van der Waals surface area contributed by atoms with Crippen molar-refractivity contribution in [3.8, 4) is 17.1 Å². The predicted molar refractivity (Wildman–Crippen MR) is 69.6 cm³/mol. The van der Waals surface area contributed by atoms with E-state index < -0.39 is 0 Å². The average Bonchev–Trinajstić information content (AvgIpc) is 2.83. The fourth-order valence-corrected chi connectivity index (χ4v) is 1.91. The second-order valence-electron chi connectivity index (χ2n) is 3.70. The Morgan fingerprint density at radius 2 is 1.89 bits per heavy atom. The van der Waals surface area contributed by atoms with Crippen LogP contribution >= 0.6 is 11.6 Å². The molecule has 0 unspecified atom stereocenters. The number of aromatic nitrogens is 4. The van der Waals surface area contributed by atoms with Crippen LogP contribution in [0.15, 0.2) is 55.0 Å². The van der Waals surface area contributed by atoms with Crippen LogP contribution in [-0.4, -0.2) is 19.7 Å². The van der Waals surface area contributed by atoms with Crippen LogP contribution in [0.3, 0.4) is 0 Å². The van der Waals surface area contributed by atoms with Crippen molar-refractivity contribution in [1.29, 1.82) is 0 Å². The molecule has 0 saturated heterocycles. The minimum absolute atomic E-state index is 0.521. The summed E-state index contributed by atoms with van der Waals surface area (Å²) in [5.74, 6) is 0.650. The quantitative estimate of drug-likeness (QED) is 0.708. The van der Waals surface area contributed by atoms with Crippen LogP contribution < -0.4 is 0 Å². The molecule has 88 valence electrons. The van der Waals surface area contributed by atoms with E-state index in [2.05, 4.69) is 15.1 Å². The second-order valence-corrected chi connectivity index (χ2v) is 4.08. The molecule has 0 aliphatic heterocycles. The van der Waals surface area contributed by atoms with E-state index >= 15 is 0 Å². The molecule has 0 spiro atoms. The molecule has 0 radical (unpaired) electrons. The minimum Gasteiger partial charge on any atom is -0.245 e. The molecule has 3 aromatic rings. The first-order chi connectivity index (χ1) is 8.84. The molecule has 0 saturated carbocycles. The molecule has 0 N–H and O–H groups in total. The van der Waals surface area contributed by atoms with Gasteiger partial charge in [0.05, 0.1) is 5.69 Å². The molecule has 0 fully saturated rings. The van der Waals surface area contributed by atoms with Gasteiger partial charge in [-0.2, -0.15) is 5.10 Å². The molecule has 2 heterocycles. The van der Waals surface area contributed by atoms with Crippen LogP contribution in [0.4, 0.5) is 0 Å². The summed E-state index contributed by atoms with van der Waals surface area (Å²) in [5.41, 5.74) is 1.84. The molecule has 5 heteroatoms. The molecule has 0 bridgehead atoms. The topological polar surface area (TPSA) is 43.6 Å². The van der Waals surface area contributed by atoms with Gasteiger partial charge in [0.15, 0.2) is 5.82 Å². The van der Waals surface area contributed by atoms with Crippen LogP contribution in [0.25, 0.3) is 17.1 Å². The summed E-state index contributed by atoms with van der Waals surface area (Å²) in [4.78, 5) is 7.99. The van der Waals surface area contributed by atoms with Crippen LogP contribution in [0, 0.1) is 0 Å². The molecule has 0 amide bonds. The van der Waals surface area contributed by atoms with Gasteiger partial charge in [-0.05, 0) is 0 Å². The fraction of sp³-hybridized carbons (Fsp3) is 0. The zero-order chi connectivity index (χ0) is 12.4. The van der Waals surface area contributed by atoms with E-state index in [-0.39, 0.29) is 0 Å². The molecule has 0 aliphatic carbocycles. The fourth-order valence-electron chi connectivity index (χ4n) is 1.68. The minimum atomic E-state index is 0.521. The molecule has 2 aromatic heterocycles. The number of rotatable bonds is 2. The zero-order valence-corrected chi connectivity index (χ0v) is 10.1. The summed E-state index contributed by atoms with van der Waals surface area (Å²) in [6, 6.07) is 13.4. The maximum Gasteiger partial charge on any atom is 0.158 e. The van der Waals surface area contributed by atoms with Crippen molar-refractivity contribution in [2.45, 2.75) is 0 Å². The highest BCUT2D eigenvalue weighted by atomic mass is 35.5. The smallest absolute Gasteiger partial charge is 0.158 e. The molecule has 0 aliphatic rings. The van der Waals surface area contributed by atoms with E-state index in [1.807, 2.05) is 36.4 Å². The lowest BCUT2D eigenvalue weighted by atomic mass is 10.2. The van der Waals surface area contributed by atoms with Crippen LogP contribution in [0.1, 0.15) is 0 Å². The SMILES string of the molecule is Clc1cc(-c2ccccc2)nn1-c1ccncn1. The van der Waals surface area contributed by atoms with Gasteiger partial charge in [0.2, 0.25) is 0 Å². The third-order valence-electron chi connectivity index (χ3n) is 2.52. The molecular weight excluding hydrogens is 248 g/mol. The molecular formula is C13H9ClN4. The lowest BCUT2D eigenvalue weighted by Crippen LogP contribution is -1.99. The number of halogens is 1. The van der Waals surface area contributed by atoms with Crippen LogP contribution in [0.5, 0.6) is 0 Å². The molecule has 18 heavy (non-hydrogen) atoms. The first-order valence-electron chi connectivity index (χ1n) is 5.42. The van der Waals surface area contributed by atoms with E-state index in [1.165, 1.54) is 6.33 Å². The largest absolute Gasteiger partial charge is 0.245 e. The highest BCUT2D eigenvalue weighted by molar-refractivity contribution is 6.30. The Hall–Kier alpha value is -2.20. The maximum atomic E-state index is 6.17. The highest BCUT2D eigenvalue weighted by Gasteiger charge is 2.09. The molecule has 1 aromatic carbocycles. The van der Waals surface area contributed by atoms with Crippen LogP contribution in [0.2, 0.25) is 5.15 Å². The maximum absolute atomic E-state index is 6.17. The number of hydrogen-bond donors (Lipinski definition) is 0. The van der Waals surface area contributed by atoms with Crippen molar-refractivity contribution in [3.05, 3.63) is 60.1 Å². The summed E-state index contributed by atoms with van der Waals surface area (Å²) >= 11 is 6.17. The van der Waals surface area contributed by atoms with Gasteiger partial charge in [-0.25, -0.2) is 14.6 Å². The van der Waals surface area contributed by atoms with Crippen molar-refractivity contribution in [2.75, 3.05) is 0 Å². The van der Waals surface area contributed by atoms with Gasteiger partial charge >= 0.3 is 0 Å². The third kappa shape index (κ3) is 1.98. The Bertz CT molecular complexity index is 649. The predicted octanol–water partition coefficient (Wildman–Crippen LogP) is 2.98. The van der Waals surface area contributed by atoms with E-state index in [4.69, 9.17) is 11.6 Å². The Kier molecular flexibility index (Phi) is 2.78. The number of hydrogen-bond acceptors (Lipinski definition) is 3. The van der Waals surface area contributed by atoms with Crippen molar-refractivity contribution in [1.82, 2.24) is 19.7 Å². The Morgan fingerprint density at radius 3 is 2.61 bits per heavy atom. The van der Waals surface area contributed by atoms with Gasteiger partial charge in [0.25, 0.3) is 0 Å². The summed E-state index contributed by atoms with van der Waals surface area (Å²) < 4.78 is 1.59. The van der Waals surface area contributed by atoms with E-state index in [1.54, 1.807) is 16.9 Å². The lowest BCUT2D eigenvalue weighted by molar-refractivity contribution is 0.843. The summed E-state index contributed by atoms with van der Waals surface area (Å²) in [6.45, 7) is 0. The lowest BCUT2D eigenvalue weighted by Gasteiger charge is -2.00. The zero-order valence-electron chi connectivity index (χ0n) is 9.36. The molecule has 4 nitrogen and oxygen atoms in total. The van der Waals surface area contributed by atoms with E-state index in [0.29, 0.717) is 11.0 Å². The monoisotopic (exact) mass is 256 g/mol. The van der Waals surface area contributed by atoms with Gasteiger partial charge in [-0.1, -0.05) is 41.9 Å². The van der Waals surface area contributed by atoms with Gasteiger partial charge in [0, 0.05) is 23.9 Å². The van der Waals surface area contributed by atoms with Crippen molar-refractivity contribution in [2.24, 2.45) is 0 Å². The van der Waals surface area contributed by atoms with Gasteiger partial charge in [-0.15, -0.1) is 0 Å².